The third-order valence-electron chi connectivity index (χ3n) is 3.92. The monoisotopic (exact) mass is 347 g/mol. The summed E-state index contributed by atoms with van der Waals surface area (Å²) in [6.45, 7) is 12.1. The molecular weight excluding hydrogens is 318 g/mol. The Hall–Kier alpha value is -2.31. The van der Waals surface area contributed by atoms with Gasteiger partial charge >= 0.3 is 0 Å². The van der Waals surface area contributed by atoms with Crippen molar-refractivity contribution >= 4 is 11.9 Å². The molecular formula is C18H29N5O2. The number of aromatic nitrogens is 1. The average Bonchev–Trinajstić information content (AvgIpc) is 2.59. The van der Waals surface area contributed by atoms with Crippen LogP contribution in [0.2, 0.25) is 0 Å². The molecule has 138 valence electrons. The molecule has 0 aliphatic carbocycles. The Labute approximate surface area is 150 Å². The van der Waals surface area contributed by atoms with Crippen LogP contribution in [0.3, 0.4) is 0 Å². The van der Waals surface area contributed by atoms with E-state index in [4.69, 9.17) is 9.73 Å². The number of pyridine rings is 1. The molecule has 1 N–H and O–H groups in total. The van der Waals surface area contributed by atoms with Crippen molar-refractivity contribution in [1.29, 1.82) is 0 Å². The fraction of sp³-hybridized carbons (Fsp3) is 0.611. The summed E-state index contributed by atoms with van der Waals surface area (Å²) in [5, 5.41) is 3.33. The van der Waals surface area contributed by atoms with E-state index in [1.54, 1.807) is 13.1 Å². The fourth-order valence-electron chi connectivity index (χ4n) is 2.64. The molecule has 1 fully saturated rings. The van der Waals surface area contributed by atoms with Crippen LogP contribution in [0, 0.1) is 0 Å². The standard InChI is InChI=1S/C18H29N5O2/c1-5-19-18(23-10-8-22(9-11-23)15(4)24)21-13-16-6-7-17(20-12-16)25-14(2)3/h6-7,12,14H,5,8-11,13H2,1-4H3,(H,19,21). The first-order valence-electron chi connectivity index (χ1n) is 8.90. The first kappa shape index (κ1) is 19.0. The molecule has 0 aromatic carbocycles. The van der Waals surface area contributed by atoms with Crippen LogP contribution in [0.1, 0.15) is 33.3 Å². The Balaban J connectivity index is 1.96. The number of nitrogens with zero attached hydrogens (tertiary/aromatic N) is 4. The van der Waals surface area contributed by atoms with Crippen LogP contribution in [0.4, 0.5) is 0 Å². The average molecular weight is 347 g/mol. The van der Waals surface area contributed by atoms with Gasteiger partial charge in [0.2, 0.25) is 11.8 Å². The van der Waals surface area contributed by atoms with Gasteiger partial charge in [-0.05, 0) is 26.3 Å². The summed E-state index contributed by atoms with van der Waals surface area (Å²) in [7, 11) is 0. The molecule has 7 heteroatoms. The van der Waals surface area contributed by atoms with Crippen molar-refractivity contribution in [1.82, 2.24) is 20.1 Å². The lowest BCUT2D eigenvalue weighted by molar-refractivity contribution is -0.130. The summed E-state index contributed by atoms with van der Waals surface area (Å²) < 4.78 is 5.56. The van der Waals surface area contributed by atoms with Crippen molar-refractivity contribution in [3.63, 3.8) is 0 Å². The minimum Gasteiger partial charge on any atom is -0.475 e. The van der Waals surface area contributed by atoms with E-state index in [0.717, 1.165) is 44.2 Å². The van der Waals surface area contributed by atoms with Gasteiger partial charge < -0.3 is 19.9 Å². The highest BCUT2D eigenvalue weighted by Gasteiger charge is 2.20. The van der Waals surface area contributed by atoms with E-state index in [0.29, 0.717) is 12.4 Å². The number of ether oxygens (including phenoxy) is 1. The highest BCUT2D eigenvalue weighted by atomic mass is 16.5. The Morgan fingerprint density at radius 2 is 1.96 bits per heavy atom. The van der Waals surface area contributed by atoms with E-state index in [1.807, 2.05) is 30.9 Å². The SMILES string of the molecule is CCNC(=NCc1ccc(OC(C)C)nc1)N1CCN(C(C)=O)CC1. The van der Waals surface area contributed by atoms with Crippen LogP contribution in [-0.2, 0) is 11.3 Å². The molecule has 0 saturated carbocycles. The second-order valence-electron chi connectivity index (χ2n) is 6.33. The van der Waals surface area contributed by atoms with E-state index in [1.165, 1.54) is 0 Å². The molecule has 2 rings (SSSR count). The normalized spacial score (nSPS) is 15.5. The van der Waals surface area contributed by atoms with Crippen molar-refractivity contribution in [3.8, 4) is 5.88 Å². The van der Waals surface area contributed by atoms with Gasteiger partial charge in [0.25, 0.3) is 0 Å². The van der Waals surface area contributed by atoms with Crippen molar-refractivity contribution in [2.45, 2.75) is 40.3 Å². The first-order valence-corrected chi connectivity index (χ1v) is 8.90. The summed E-state index contributed by atoms with van der Waals surface area (Å²) in [4.78, 5) is 24.6. The van der Waals surface area contributed by atoms with E-state index >= 15 is 0 Å². The summed E-state index contributed by atoms with van der Waals surface area (Å²) in [5.41, 5.74) is 1.04. The van der Waals surface area contributed by atoms with Crippen LogP contribution in [0.15, 0.2) is 23.3 Å². The van der Waals surface area contributed by atoms with Gasteiger partial charge in [-0.1, -0.05) is 6.07 Å². The molecule has 0 unspecified atom stereocenters. The lowest BCUT2D eigenvalue weighted by Gasteiger charge is -2.36. The molecule has 1 aromatic rings. The lowest BCUT2D eigenvalue weighted by atomic mass is 10.3. The molecule has 0 spiro atoms. The van der Waals surface area contributed by atoms with Crippen molar-refractivity contribution in [3.05, 3.63) is 23.9 Å². The summed E-state index contributed by atoms with van der Waals surface area (Å²) in [6, 6.07) is 3.87. The number of guanidine groups is 1. The predicted octanol–water partition coefficient (Wildman–Crippen LogP) is 1.50. The van der Waals surface area contributed by atoms with Gasteiger partial charge in [0.15, 0.2) is 5.96 Å². The van der Waals surface area contributed by atoms with Gasteiger partial charge in [-0.25, -0.2) is 9.98 Å². The number of amides is 1. The number of rotatable bonds is 5. The first-order chi connectivity index (χ1) is 12.0. The Morgan fingerprint density at radius 3 is 2.48 bits per heavy atom. The molecule has 1 amide bonds. The second-order valence-corrected chi connectivity index (χ2v) is 6.33. The Bertz CT molecular complexity index is 578. The van der Waals surface area contributed by atoms with Crippen molar-refractivity contribution < 1.29 is 9.53 Å². The van der Waals surface area contributed by atoms with Crippen LogP contribution < -0.4 is 10.1 Å². The molecule has 2 heterocycles. The number of hydrogen-bond acceptors (Lipinski definition) is 4. The number of carbonyl (C=O) groups excluding carboxylic acids is 1. The molecule has 1 aromatic heterocycles. The van der Waals surface area contributed by atoms with E-state index < -0.39 is 0 Å². The number of carbonyl (C=O) groups is 1. The minimum atomic E-state index is 0.116. The molecule has 7 nitrogen and oxygen atoms in total. The maximum absolute atomic E-state index is 11.5. The number of aliphatic imine (C=N–C) groups is 1. The molecule has 1 aliphatic rings. The van der Waals surface area contributed by atoms with E-state index in [2.05, 4.69) is 22.1 Å². The maximum atomic E-state index is 11.5. The van der Waals surface area contributed by atoms with E-state index in [-0.39, 0.29) is 12.0 Å². The molecule has 25 heavy (non-hydrogen) atoms. The highest BCUT2D eigenvalue weighted by Crippen LogP contribution is 2.11. The zero-order chi connectivity index (χ0) is 18.2. The second kappa shape index (κ2) is 9.25. The topological polar surface area (TPSA) is 70.1 Å². The number of piperazine rings is 1. The zero-order valence-electron chi connectivity index (χ0n) is 15.7. The van der Waals surface area contributed by atoms with Gasteiger partial charge in [0.05, 0.1) is 12.6 Å². The third kappa shape index (κ3) is 5.92. The fourth-order valence-corrected chi connectivity index (χ4v) is 2.64. The Kier molecular flexibility index (Phi) is 7.03. The van der Waals surface area contributed by atoms with E-state index in [9.17, 15) is 4.79 Å². The van der Waals surface area contributed by atoms with Gasteiger partial charge in [-0.2, -0.15) is 0 Å². The number of hydrogen-bond donors (Lipinski definition) is 1. The summed E-state index contributed by atoms with van der Waals surface area (Å²) in [5.74, 6) is 1.65. The predicted molar refractivity (Wildman–Crippen MR) is 98.6 cm³/mol. The molecule has 0 radical (unpaired) electrons. The molecule has 0 bridgehead atoms. The van der Waals surface area contributed by atoms with Gasteiger partial charge in [-0.15, -0.1) is 0 Å². The molecule has 0 atom stereocenters. The Morgan fingerprint density at radius 1 is 1.28 bits per heavy atom. The quantitative estimate of drug-likeness (QED) is 0.646. The van der Waals surface area contributed by atoms with Gasteiger partial charge in [-0.3, -0.25) is 4.79 Å². The number of nitrogens with one attached hydrogen (secondary N) is 1. The van der Waals surface area contributed by atoms with Crippen LogP contribution in [0.25, 0.3) is 0 Å². The van der Waals surface area contributed by atoms with Crippen LogP contribution in [0.5, 0.6) is 5.88 Å². The molecule has 1 aliphatic heterocycles. The van der Waals surface area contributed by atoms with Gasteiger partial charge in [0, 0.05) is 51.9 Å². The third-order valence-corrected chi connectivity index (χ3v) is 3.92. The van der Waals surface area contributed by atoms with Crippen molar-refractivity contribution in [2.24, 2.45) is 4.99 Å². The zero-order valence-corrected chi connectivity index (χ0v) is 15.7. The van der Waals surface area contributed by atoms with Crippen LogP contribution >= 0.6 is 0 Å². The summed E-state index contributed by atoms with van der Waals surface area (Å²) in [6.07, 6.45) is 1.92. The maximum Gasteiger partial charge on any atom is 0.219 e. The van der Waals surface area contributed by atoms with Crippen LogP contribution in [-0.4, -0.2) is 65.5 Å². The summed E-state index contributed by atoms with van der Waals surface area (Å²) >= 11 is 0. The minimum absolute atomic E-state index is 0.116. The smallest absolute Gasteiger partial charge is 0.219 e. The van der Waals surface area contributed by atoms with Gasteiger partial charge in [0.1, 0.15) is 0 Å². The highest BCUT2D eigenvalue weighted by molar-refractivity contribution is 5.80. The lowest BCUT2D eigenvalue weighted by Crippen LogP contribution is -2.53. The van der Waals surface area contributed by atoms with Crippen molar-refractivity contribution in [2.75, 3.05) is 32.7 Å². The largest absolute Gasteiger partial charge is 0.475 e. The molecule has 1 saturated heterocycles.